The van der Waals surface area contributed by atoms with Gasteiger partial charge in [0.15, 0.2) is 0 Å². The van der Waals surface area contributed by atoms with E-state index in [-0.39, 0.29) is 0 Å². The van der Waals surface area contributed by atoms with Crippen LogP contribution < -0.4 is 4.74 Å². The minimum absolute atomic E-state index is 0.395. The van der Waals surface area contributed by atoms with Crippen molar-refractivity contribution in [1.29, 1.82) is 0 Å². The van der Waals surface area contributed by atoms with Gasteiger partial charge in [-0.2, -0.15) is 0 Å². The molecule has 0 amide bonds. The first-order valence-corrected chi connectivity index (χ1v) is 5.44. The number of hydrogen-bond donors (Lipinski definition) is 0. The van der Waals surface area contributed by atoms with E-state index in [0.717, 1.165) is 0 Å². The van der Waals surface area contributed by atoms with E-state index in [4.69, 9.17) is 39.5 Å². The Bertz CT molecular complexity index is 323. The minimum Gasteiger partial charge on any atom is -0.485 e. The van der Waals surface area contributed by atoms with Crippen LogP contribution in [0.4, 0.5) is 0 Å². The maximum Gasteiger partial charge on any atom is 0.138 e. The Labute approximate surface area is 98.9 Å². The van der Waals surface area contributed by atoms with Crippen LogP contribution in [0.25, 0.3) is 0 Å². The van der Waals surface area contributed by atoms with Gasteiger partial charge in [-0.15, -0.1) is 11.6 Å². The van der Waals surface area contributed by atoms with Gasteiger partial charge >= 0.3 is 0 Å². The fraction of sp³-hybridized carbons (Fsp3) is 0.400. The summed E-state index contributed by atoms with van der Waals surface area (Å²) in [5.74, 6) is 0.994. The standard InChI is InChI=1S/C10H11Cl3O/c1-10(2,6-11)14-9-4-3-7(12)5-8(9)13/h3-5H,6H2,1-2H3. The van der Waals surface area contributed by atoms with Gasteiger partial charge in [-0.1, -0.05) is 23.2 Å². The molecule has 0 atom stereocenters. The molecule has 0 heterocycles. The van der Waals surface area contributed by atoms with Crippen molar-refractivity contribution in [2.75, 3.05) is 5.88 Å². The van der Waals surface area contributed by atoms with Crippen LogP contribution in [0.3, 0.4) is 0 Å². The zero-order valence-corrected chi connectivity index (χ0v) is 10.2. The van der Waals surface area contributed by atoms with E-state index >= 15 is 0 Å². The van der Waals surface area contributed by atoms with Crippen molar-refractivity contribution in [3.63, 3.8) is 0 Å². The summed E-state index contributed by atoms with van der Waals surface area (Å²) in [5, 5.41) is 1.08. The fourth-order valence-corrected chi connectivity index (χ4v) is 1.38. The Hall–Kier alpha value is -0.110. The highest BCUT2D eigenvalue weighted by Crippen LogP contribution is 2.30. The molecule has 0 radical (unpaired) electrons. The molecule has 0 saturated heterocycles. The van der Waals surface area contributed by atoms with Crippen LogP contribution in [-0.2, 0) is 0 Å². The molecule has 0 aromatic heterocycles. The van der Waals surface area contributed by atoms with Crippen LogP contribution in [0.5, 0.6) is 5.75 Å². The zero-order chi connectivity index (χ0) is 10.8. The topological polar surface area (TPSA) is 9.23 Å². The lowest BCUT2D eigenvalue weighted by Crippen LogP contribution is -2.30. The Balaban J connectivity index is 2.87. The van der Waals surface area contributed by atoms with Crippen LogP contribution in [0, 0.1) is 0 Å². The molecule has 0 saturated carbocycles. The predicted octanol–water partition coefficient (Wildman–Crippen LogP) is 4.39. The molecule has 1 aromatic rings. The average Bonchev–Trinajstić information content (AvgIpc) is 2.10. The van der Waals surface area contributed by atoms with Crippen LogP contribution in [0.1, 0.15) is 13.8 Å². The summed E-state index contributed by atoms with van der Waals surface area (Å²) in [7, 11) is 0. The number of benzene rings is 1. The van der Waals surface area contributed by atoms with Gasteiger partial charge < -0.3 is 4.74 Å². The van der Waals surface area contributed by atoms with Crippen molar-refractivity contribution in [2.45, 2.75) is 19.4 Å². The maximum absolute atomic E-state index is 5.94. The second kappa shape index (κ2) is 4.61. The molecular formula is C10H11Cl3O. The number of hydrogen-bond acceptors (Lipinski definition) is 1. The third kappa shape index (κ3) is 3.23. The van der Waals surface area contributed by atoms with Crippen molar-refractivity contribution in [3.05, 3.63) is 28.2 Å². The molecule has 0 aliphatic rings. The van der Waals surface area contributed by atoms with Crippen molar-refractivity contribution in [2.24, 2.45) is 0 Å². The van der Waals surface area contributed by atoms with Crippen LogP contribution in [-0.4, -0.2) is 11.5 Å². The van der Waals surface area contributed by atoms with E-state index in [1.807, 2.05) is 13.8 Å². The molecule has 78 valence electrons. The fourth-order valence-electron chi connectivity index (χ4n) is 0.883. The molecule has 0 unspecified atom stereocenters. The second-order valence-electron chi connectivity index (χ2n) is 3.57. The highest BCUT2D eigenvalue weighted by molar-refractivity contribution is 6.35. The Morgan fingerprint density at radius 1 is 1.29 bits per heavy atom. The molecule has 1 aromatic carbocycles. The summed E-state index contributed by atoms with van der Waals surface area (Å²) in [6.45, 7) is 3.79. The van der Waals surface area contributed by atoms with Gasteiger partial charge in [0.1, 0.15) is 11.4 Å². The number of rotatable bonds is 3. The SMILES string of the molecule is CC(C)(CCl)Oc1ccc(Cl)cc1Cl. The molecule has 1 rings (SSSR count). The normalized spacial score (nSPS) is 11.5. The van der Waals surface area contributed by atoms with Gasteiger partial charge in [0.05, 0.1) is 10.9 Å². The Morgan fingerprint density at radius 3 is 2.43 bits per heavy atom. The van der Waals surface area contributed by atoms with E-state index < -0.39 is 5.60 Å². The second-order valence-corrected chi connectivity index (χ2v) is 4.68. The van der Waals surface area contributed by atoms with E-state index in [0.29, 0.717) is 21.7 Å². The minimum atomic E-state index is -0.432. The number of ether oxygens (including phenoxy) is 1. The molecule has 0 fully saturated rings. The molecule has 0 aliphatic carbocycles. The predicted molar refractivity (Wildman–Crippen MR) is 61.9 cm³/mol. The zero-order valence-electron chi connectivity index (χ0n) is 7.98. The lowest BCUT2D eigenvalue weighted by atomic mass is 10.2. The third-order valence-electron chi connectivity index (χ3n) is 1.60. The van der Waals surface area contributed by atoms with Gasteiger partial charge in [-0.25, -0.2) is 0 Å². The highest BCUT2D eigenvalue weighted by atomic mass is 35.5. The Morgan fingerprint density at radius 2 is 1.93 bits per heavy atom. The van der Waals surface area contributed by atoms with Gasteiger partial charge in [0.2, 0.25) is 0 Å². The lowest BCUT2D eigenvalue weighted by molar-refractivity contribution is 0.134. The first-order chi connectivity index (χ1) is 6.44. The van der Waals surface area contributed by atoms with Crippen LogP contribution in [0.2, 0.25) is 10.0 Å². The summed E-state index contributed by atoms with van der Waals surface area (Å²) >= 11 is 17.4. The molecule has 0 N–H and O–H groups in total. The first-order valence-electron chi connectivity index (χ1n) is 4.15. The van der Waals surface area contributed by atoms with Gasteiger partial charge in [0.25, 0.3) is 0 Å². The summed E-state index contributed by atoms with van der Waals surface area (Å²) in [4.78, 5) is 0. The Kier molecular flexibility index (Phi) is 3.94. The molecule has 14 heavy (non-hydrogen) atoms. The third-order valence-corrected chi connectivity index (χ3v) is 2.78. The first kappa shape index (κ1) is 12.0. The quantitative estimate of drug-likeness (QED) is 0.726. The van der Waals surface area contributed by atoms with E-state index in [2.05, 4.69) is 0 Å². The summed E-state index contributed by atoms with van der Waals surface area (Å²) < 4.78 is 5.61. The highest BCUT2D eigenvalue weighted by Gasteiger charge is 2.19. The van der Waals surface area contributed by atoms with Gasteiger partial charge in [-0.05, 0) is 32.0 Å². The van der Waals surface area contributed by atoms with Crippen molar-refractivity contribution < 1.29 is 4.74 Å². The molecule has 0 aliphatic heterocycles. The summed E-state index contributed by atoms with van der Waals surface area (Å²) in [5.41, 5.74) is -0.432. The molecule has 0 spiro atoms. The average molecular weight is 254 g/mol. The molecule has 4 heteroatoms. The number of halogens is 3. The van der Waals surface area contributed by atoms with Crippen molar-refractivity contribution in [3.8, 4) is 5.75 Å². The molecule has 1 nitrogen and oxygen atoms in total. The molecule has 0 bridgehead atoms. The maximum atomic E-state index is 5.94. The van der Waals surface area contributed by atoms with E-state index in [1.165, 1.54) is 0 Å². The smallest absolute Gasteiger partial charge is 0.138 e. The number of alkyl halides is 1. The van der Waals surface area contributed by atoms with Crippen molar-refractivity contribution in [1.82, 2.24) is 0 Å². The van der Waals surface area contributed by atoms with E-state index in [1.54, 1.807) is 18.2 Å². The van der Waals surface area contributed by atoms with Crippen molar-refractivity contribution >= 4 is 34.8 Å². The van der Waals surface area contributed by atoms with E-state index in [9.17, 15) is 0 Å². The largest absolute Gasteiger partial charge is 0.485 e. The lowest BCUT2D eigenvalue weighted by Gasteiger charge is -2.24. The summed E-state index contributed by atoms with van der Waals surface area (Å²) in [6.07, 6.45) is 0. The van der Waals surface area contributed by atoms with Gasteiger partial charge in [-0.3, -0.25) is 0 Å². The van der Waals surface area contributed by atoms with Crippen LogP contribution >= 0.6 is 34.8 Å². The van der Waals surface area contributed by atoms with Crippen LogP contribution in [0.15, 0.2) is 18.2 Å². The van der Waals surface area contributed by atoms with Gasteiger partial charge in [0, 0.05) is 5.02 Å². The molecular weight excluding hydrogens is 242 g/mol. The summed E-state index contributed by atoms with van der Waals surface area (Å²) in [6, 6.07) is 5.11. The monoisotopic (exact) mass is 252 g/mol.